The zero-order valence-corrected chi connectivity index (χ0v) is 24.6. The molecule has 0 heterocycles. The van der Waals surface area contributed by atoms with E-state index in [0.29, 0.717) is 51.6 Å². The molecule has 9 nitrogen and oxygen atoms in total. The van der Waals surface area contributed by atoms with Gasteiger partial charge in [-0.05, 0) is 57.6 Å². The van der Waals surface area contributed by atoms with Gasteiger partial charge in [-0.15, -0.1) is 0 Å². The van der Waals surface area contributed by atoms with Crippen molar-refractivity contribution in [3.05, 3.63) is 71.8 Å². The van der Waals surface area contributed by atoms with Crippen LogP contribution in [-0.4, -0.2) is 48.1 Å². The summed E-state index contributed by atoms with van der Waals surface area (Å²) < 4.78 is 16.2. The van der Waals surface area contributed by atoms with Crippen molar-refractivity contribution in [3.8, 4) is 0 Å². The highest BCUT2D eigenvalue weighted by Gasteiger charge is 2.27. The van der Waals surface area contributed by atoms with Crippen molar-refractivity contribution < 1.29 is 33.7 Å². The second kappa shape index (κ2) is 18.8. The lowest BCUT2D eigenvalue weighted by molar-refractivity contribution is -0.162. The number of hydrogen-bond acceptors (Lipinski definition) is 7. The van der Waals surface area contributed by atoms with Crippen LogP contribution in [0.4, 0.5) is 4.79 Å². The Morgan fingerprint density at radius 2 is 1.37 bits per heavy atom. The van der Waals surface area contributed by atoms with Crippen molar-refractivity contribution in [2.45, 2.75) is 90.8 Å². The summed E-state index contributed by atoms with van der Waals surface area (Å²) in [5.41, 5.74) is 1.31. The van der Waals surface area contributed by atoms with Crippen molar-refractivity contribution in [2.75, 3.05) is 13.1 Å². The van der Waals surface area contributed by atoms with Crippen LogP contribution in [0.5, 0.6) is 0 Å². The first-order valence-electron chi connectivity index (χ1n) is 14.4. The summed E-state index contributed by atoms with van der Waals surface area (Å²) >= 11 is 0. The van der Waals surface area contributed by atoms with E-state index in [2.05, 4.69) is 10.6 Å². The molecule has 0 aromatic heterocycles. The van der Waals surface area contributed by atoms with Gasteiger partial charge in [0, 0.05) is 19.5 Å². The molecule has 226 valence electrons. The molecule has 0 aliphatic rings. The van der Waals surface area contributed by atoms with E-state index in [1.165, 1.54) is 0 Å². The van der Waals surface area contributed by atoms with E-state index in [0.717, 1.165) is 17.5 Å². The van der Waals surface area contributed by atoms with Gasteiger partial charge in [-0.2, -0.15) is 0 Å². The molecule has 2 rings (SSSR count). The maximum Gasteiger partial charge on any atom is 0.407 e. The third-order valence-corrected chi connectivity index (χ3v) is 6.15. The van der Waals surface area contributed by atoms with Gasteiger partial charge in [0.25, 0.3) is 0 Å². The van der Waals surface area contributed by atoms with Gasteiger partial charge >= 0.3 is 12.1 Å². The number of aliphatic hydroxyl groups excluding tert-OH is 1. The predicted octanol–water partition coefficient (Wildman–Crippen LogP) is 5.25. The number of rotatable bonds is 18. The summed E-state index contributed by atoms with van der Waals surface area (Å²) in [6.07, 6.45) is 2.32. The molecule has 0 aliphatic heterocycles. The smallest absolute Gasteiger partial charge is 0.407 e. The Bertz CT molecular complexity index is 1030. The average molecular weight is 571 g/mol. The van der Waals surface area contributed by atoms with Gasteiger partial charge in [0.05, 0.1) is 12.5 Å². The second-order valence-electron chi connectivity index (χ2n) is 11.0. The maximum atomic E-state index is 13.0. The molecule has 9 heteroatoms. The fraction of sp³-hybridized carbons (Fsp3) is 0.531. The number of carbonyl (C=O) groups is 3. The first-order chi connectivity index (χ1) is 19.6. The van der Waals surface area contributed by atoms with E-state index in [9.17, 15) is 19.5 Å². The zero-order chi connectivity index (χ0) is 29.9. The van der Waals surface area contributed by atoms with Crippen LogP contribution in [0.25, 0.3) is 0 Å². The van der Waals surface area contributed by atoms with Crippen molar-refractivity contribution in [1.82, 2.24) is 10.6 Å². The van der Waals surface area contributed by atoms with Crippen molar-refractivity contribution in [2.24, 2.45) is 5.92 Å². The summed E-state index contributed by atoms with van der Waals surface area (Å²) in [6, 6.07) is 18.9. The first kappa shape index (κ1) is 33.8. The summed E-state index contributed by atoms with van der Waals surface area (Å²) in [5, 5.41) is 16.3. The van der Waals surface area contributed by atoms with Crippen LogP contribution in [0.15, 0.2) is 60.7 Å². The molecule has 1 unspecified atom stereocenters. The molecular weight excluding hydrogens is 524 g/mol. The minimum atomic E-state index is -1.27. The second-order valence-corrected chi connectivity index (χ2v) is 11.0. The topological polar surface area (TPSA) is 123 Å². The molecule has 2 atom stereocenters. The van der Waals surface area contributed by atoms with Crippen LogP contribution in [0, 0.1) is 5.92 Å². The quantitative estimate of drug-likeness (QED) is 0.127. The Morgan fingerprint density at radius 1 is 0.780 bits per heavy atom. The van der Waals surface area contributed by atoms with E-state index in [1.807, 2.05) is 81.4 Å². The summed E-state index contributed by atoms with van der Waals surface area (Å²) in [5.74, 6) is -1.27. The summed E-state index contributed by atoms with van der Waals surface area (Å²) in [6.45, 7) is 6.72. The SMILES string of the molecule is CC(C)(C)OC(=O)CCCCCNC(=O)[C@H](CCCCNC(=O)OCc1ccccc1)C(O)OCc1ccccc1. The lowest BCUT2D eigenvalue weighted by atomic mass is 10.00. The van der Waals surface area contributed by atoms with Gasteiger partial charge < -0.3 is 30.0 Å². The molecule has 0 bridgehead atoms. The van der Waals surface area contributed by atoms with Crippen molar-refractivity contribution >= 4 is 18.0 Å². The Hall–Kier alpha value is -3.43. The molecule has 0 fully saturated rings. The predicted molar refractivity (Wildman–Crippen MR) is 157 cm³/mol. The molecule has 3 N–H and O–H groups in total. The maximum absolute atomic E-state index is 13.0. The van der Waals surface area contributed by atoms with Crippen LogP contribution in [0.3, 0.4) is 0 Å². The number of hydrogen-bond donors (Lipinski definition) is 3. The van der Waals surface area contributed by atoms with E-state index < -0.39 is 23.9 Å². The highest BCUT2D eigenvalue weighted by molar-refractivity contribution is 5.79. The molecule has 0 radical (unpaired) electrons. The number of ether oxygens (including phenoxy) is 3. The summed E-state index contributed by atoms with van der Waals surface area (Å²) in [4.78, 5) is 36.8. The molecular formula is C32H46N2O7. The fourth-order valence-electron chi connectivity index (χ4n) is 4.04. The monoisotopic (exact) mass is 570 g/mol. The number of benzene rings is 2. The van der Waals surface area contributed by atoms with Gasteiger partial charge in [0.15, 0.2) is 6.29 Å². The third kappa shape index (κ3) is 15.8. The molecule has 41 heavy (non-hydrogen) atoms. The van der Waals surface area contributed by atoms with Gasteiger partial charge in [-0.25, -0.2) is 4.79 Å². The van der Waals surface area contributed by atoms with Gasteiger partial charge in [0.2, 0.25) is 5.91 Å². The molecule has 2 amide bonds. The average Bonchev–Trinajstić information content (AvgIpc) is 2.94. The summed E-state index contributed by atoms with van der Waals surface area (Å²) in [7, 11) is 0. The third-order valence-electron chi connectivity index (χ3n) is 6.15. The van der Waals surface area contributed by atoms with E-state index in [1.54, 1.807) is 0 Å². The highest BCUT2D eigenvalue weighted by atomic mass is 16.6. The molecule has 2 aromatic rings. The number of carbonyl (C=O) groups excluding carboxylic acids is 3. The van der Waals surface area contributed by atoms with Crippen LogP contribution in [0.1, 0.15) is 76.8 Å². The van der Waals surface area contributed by atoms with Crippen LogP contribution >= 0.6 is 0 Å². The van der Waals surface area contributed by atoms with Crippen molar-refractivity contribution in [1.29, 1.82) is 0 Å². The number of alkyl carbamates (subject to hydrolysis) is 1. The van der Waals surface area contributed by atoms with Crippen molar-refractivity contribution in [3.63, 3.8) is 0 Å². The molecule has 0 aliphatic carbocycles. The molecule has 0 spiro atoms. The molecule has 2 aromatic carbocycles. The lowest BCUT2D eigenvalue weighted by Gasteiger charge is -2.23. The van der Waals surface area contributed by atoms with E-state index >= 15 is 0 Å². The minimum Gasteiger partial charge on any atom is -0.460 e. The van der Waals surface area contributed by atoms with Crippen LogP contribution in [-0.2, 0) is 37.0 Å². The fourth-order valence-corrected chi connectivity index (χ4v) is 4.04. The van der Waals surface area contributed by atoms with Gasteiger partial charge in [-0.3, -0.25) is 9.59 Å². The zero-order valence-electron chi connectivity index (χ0n) is 24.6. The van der Waals surface area contributed by atoms with Crippen LogP contribution < -0.4 is 10.6 Å². The Labute approximate surface area is 244 Å². The Morgan fingerprint density at radius 3 is 2.00 bits per heavy atom. The van der Waals surface area contributed by atoms with E-state index in [-0.39, 0.29) is 25.1 Å². The number of amides is 2. The number of aliphatic hydroxyl groups is 1. The number of esters is 1. The van der Waals surface area contributed by atoms with Gasteiger partial charge in [-0.1, -0.05) is 73.5 Å². The largest absolute Gasteiger partial charge is 0.460 e. The Kier molecular flexibility index (Phi) is 15.5. The molecule has 0 saturated heterocycles. The highest BCUT2D eigenvalue weighted by Crippen LogP contribution is 2.17. The van der Waals surface area contributed by atoms with E-state index in [4.69, 9.17) is 14.2 Å². The molecule has 0 saturated carbocycles. The standard InChI is InChI=1S/C32H46N2O7/c1-32(2,3)41-28(35)20-11-6-13-21-33-29(36)27(30(37)39-23-25-15-7-4-8-16-25)19-12-14-22-34-31(38)40-24-26-17-9-5-10-18-26/h4-5,7-10,15-18,27,30,37H,6,11-14,19-24H2,1-3H3,(H,33,36)(H,34,38)/t27-,30?/m0/s1. The minimum absolute atomic E-state index is 0.186. The first-order valence-corrected chi connectivity index (χ1v) is 14.4. The number of unbranched alkanes of at least 4 members (excludes halogenated alkanes) is 3. The lowest BCUT2D eigenvalue weighted by Crippen LogP contribution is -2.39. The number of nitrogens with one attached hydrogen (secondary N) is 2. The normalized spacial score (nSPS) is 12.7. The van der Waals surface area contributed by atoms with Crippen LogP contribution in [0.2, 0.25) is 0 Å². The van der Waals surface area contributed by atoms with Gasteiger partial charge in [0.1, 0.15) is 12.2 Å². The Balaban J connectivity index is 1.73.